The van der Waals surface area contributed by atoms with E-state index < -0.39 is 15.8 Å². The molecule has 1 aliphatic heterocycles. The summed E-state index contributed by atoms with van der Waals surface area (Å²) in [5.74, 6) is -0.488. The first kappa shape index (κ1) is 15.4. The molecule has 0 aromatic rings. The first-order valence-corrected chi connectivity index (χ1v) is 7.92. The molecule has 0 spiro atoms. The van der Waals surface area contributed by atoms with Crippen LogP contribution < -0.4 is 0 Å². The number of ether oxygens (including phenoxy) is 1. The summed E-state index contributed by atoms with van der Waals surface area (Å²) in [6.45, 7) is 1.68. The van der Waals surface area contributed by atoms with Crippen LogP contribution in [0, 0.1) is 0 Å². The molecule has 1 rings (SSSR count). The predicted octanol–water partition coefficient (Wildman–Crippen LogP) is -0.0133. The van der Waals surface area contributed by atoms with Crippen LogP contribution in [0.3, 0.4) is 0 Å². The Kier molecular flexibility index (Phi) is 6.04. The molecule has 1 fully saturated rings. The summed E-state index contributed by atoms with van der Waals surface area (Å²) in [6, 6.07) is -0.0359. The Morgan fingerprint density at radius 2 is 2.17 bits per heavy atom. The summed E-state index contributed by atoms with van der Waals surface area (Å²) in [5.41, 5.74) is 0. The minimum atomic E-state index is -2.93. The van der Waals surface area contributed by atoms with Gasteiger partial charge >= 0.3 is 5.97 Å². The van der Waals surface area contributed by atoms with Gasteiger partial charge in [0.25, 0.3) is 0 Å². The summed E-state index contributed by atoms with van der Waals surface area (Å²) in [6.07, 6.45) is 1.44. The van der Waals surface area contributed by atoms with Crippen LogP contribution in [0.2, 0.25) is 0 Å². The maximum atomic E-state index is 11.4. The van der Waals surface area contributed by atoms with Gasteiger partial charge in [-0.25, -0.2) is 8.42 Å². The number of hydrogen-bond donors (Lipinski definition) is 1. The Hall–Kier alpha value is -0.660. The van der Waals surface area contributed by atoms with Crippen LogP contribution in [0.1, 0.15) is 19.3 Å². The number of sulfone groups is 1. The molecule has 6 nitrogen and oxygen atoms in total. The van der Waals surface area contributed by atoms with Crippen molar-refractivity contribution in [3.8, 4) is 0 Å². The molecule has 0 aromatic heterocycles. The Morgan fingerprint density at radius 1 is 1.44 bits per heavy atom. The van der Waals surface area contributed by atoms with Gasteiger partial charge in [0.1, 0.15) is 0 Å². The topological polar surface area (TPSA) is 83.9 Å². The van der Waals surface area contributed by atoms with Crippen LogP contribution in [-0.4, -0.2) is 68.7 Å². The molecule has 0 amide bonds. The molecular weight excluding hydrogens is 258 g/mol. The highest BCUT2D eigenvalue weighted by Crippen LogP contribution is 2.18. The van der Waals surface area contributed by atoms with Crippen molar-refractivity contribution in [2.45, 2.75) is 25.3 Å². The first-order chi connectivity index (χ1) is 8.44. The smallest absolute Gasteiger partial charge is 0.304 e. The lowest BCUT2D eigenvalue weighted by molar-refractivity contribution is -0.137. The lowest BCUT2D eigenvalue weighted by Gasteiger charge is -2.27. The Balaban J connectivity index is 2.50. The molecule has 1 saturated heterocycles. The molecule has 1 atom stereocenters. The van der Waals surface area contributed by atoms with E-state index in [-0.39, 0.29) is 24.0 Å². The lowest BCUT2D eigenvalue weighted by atomic mass is 10.2. The molecule has 0 aliphatic carbocycles. The maximum Gasteiger partial charge on any atom is 0.304 e. The number of aliphatic carboxylic acids is 1. The second kappa shape index (κ2) is 7.06. The van der Waals surface area contributed by atoms with E-state index in [1.807, 2.05) is 4.90 Å². The molecule has 1 heterocycles. The predicted molar refractivity (Wildman–Crippen MR) is 67.4 cm³/mol. The number of hydrogen-bond acceptors (Lipinski definition) is 5. The molecule has 7 heteroatoms. The number of methoxy groups -OCH3 is 1. The third-order valence-electron chi connectivity index (χ3n) is 3.13. The van der Waals surface area contributed by atoms with E-state index in [9.17, 15) is 13.2 Å². The standard InChI is InChI=1S/C11H21NO5S/c1-17-7-2-5-12(6-3-11(13)14)10-4-8-18(15,16)9-10/h10H,2-9H2,1H3,(H,13,14). The third kappa shape index (κ3) is 5.32. The molecule has 106 valence electrons. The molecule has 0 saturated carbocycles. The minimum absolute atomic E-state index is 0.0359. The Bertz CT molecular complexity index is 368. The van der Waals surface area contributed by atoms with Crippen molar-refractivity contribution in [3.63, 3.8) is 0 Å². The molecule has 0 radical (unpaired) electrons. The second-order valence-corrected chi connectivity index (χ2v) is 6.81. The highest BCUT2D eigenvalue weighted by molar-refractivity contribution is 7.91. The van der Waals surface area contributed by atoms with Crippen LogP contribution >= 0.6 is 0 Å². The van der Waals surface area contributed by atoms with Crippen LogP contribution in [0.25, 0.3) is 0 Å². The average Bonchev–Trinajstić information content (AvgIpc) is 2.63. The molecular formula is C11H21NO5S. The zero-order valence-corrected chi connectivity index (χ0v) is 11.5. The normalized spacial score (nSPS) is 22.4. The second-order valence-electron chi connectivity index (χ2n) is 4.58. The van der Waals surface area contributed by atoms with E-state index >= 15 is 0 Å². The number of carboxylic acid groups (broad SMARTS) is 1. The number of carboxylic acids is 1. The van der Waals surface area contributed by atoms with Crippen LogP contribution in [-0.2, 0) is 19.4 Å². The fraction of sp³-hybridized carbons (Fsp3) is 0.909. The molecule has 0 aromatic carbocycles. The highest BCUT2D eigenvalue weighted by Gasteiger charge is 2.31. The number of nitrogens with zero attached hydrogens (tertiary/aromatic N) is 1. The molecule has 1 unspecified atom stereocenters. The van der Waals surface area contributed by atoms with Gasteiger partial charge in [0.2, 0.25) is 0 Å². The number of carbonyl (C=O) groups is 1. The lowest BCUT2D eigenvalue weighted by Crippen LogP contribution is -2.38. The zero-order chi connectivity index (χ0) is 13.6. The minimum Gasteiger partial charge on any atom is -0.481 e. The Labute approximate surface area is 108 Å². The van der Waals surface area contributed by atoms with E-state index in [1.54, 1.807) is 7.11 Å². The van der Waals surface area contributed by atoms with E-state index in [0.29, 0.717) is 26.1 Å². The summed E-state index contributed by atoms with van der Waals surface area (Å²) < 4.78 is 27.9. The van der Waals surface area contributed by atoms with E-state index in [0.717, 1.165) is 6.42 Å². The average molecular weight is 279 g/mol. The van der Waals surface area contributed by atoms with Gasteiger partial charge in [-0.05, 0) is 12.8 Å². The van der Waals surface area contributed by atoms with Crippen molar-refractivity contribution in [3.05, 3.63) is 0 Å². The Morgan fingerprint density at radius 3 is 2.67 bits per heavy atom. The summed E-state index contributed by atoms with van der Waals surface area (Å²) in [5, 5.41) is 8.71. The van der Waals surface area contributed by atoms with Crippen LogP contribution in [0.5, 0.6) is 0 Å². The van der Waals surface area contributed by atoms with Crippen molar-refractivity contribution >= 4 is 15.8 Å². The van der Waals surface area contributed by atoms with Crippen molar-refractivity contribution in [2.24, 2.45) is 0 Å². The van der Waals surface area contributed by atoms with E-state index in [4.69, 9.17) is 9.84 Å². The summed E-state index contributed by atoms with van der Waals surface area (Å²) in [4.78, 5) is 12.6. The third-order valence-corrected chi connectivity index (χ3v) is 4.88. The van der Waals surface area contributed by atoms with E-state index in [2.05, 4.69) is 0 Å². The largest absolute Gasteiger partial charge is 0.481 e. The van der Waals surface area contributed by atoms with Gasteiger partial charge in [0.05, 0.1) is 17.9 Å². The van der Waals surface area contributed by atoms with Gasteiger partial charge in [-0.15, -0.1) is 0 Å². The summed E-state index contributed by atoms with van der Waals surface area (Å²) in [7, 11) is -1.32. The van der Waals surface area contributed by atoms with Gasteiger partial charge in [-0.3, -0.25) is 9.69 Å². The summed E-state index contributed by atoms with van der Waals surface area (Å²) >= 11 is 0. The van der Waals surface area contributed by atoms with E-state index in [1.165, 1.54) is 0 Å². The number of rotatable bonds is 8. The molecule has 18 heavy (non-hydrogen) atoms. The first-order valence-electron chi connectivity index (χ1n) is 6.10. The van der Waals surface area contributed by atoms with Gasteiger partial charge < -0.3 is 9.84 Å². The van der Waals surface area contributed by atoms with Crippen molar-refractivity contribution in [2.75, 3.05) is 38.3 Å². The fourth-order valence-corrected chi connectivity index (χ4v) is 3.95. The quantitative estimate of drug-likeness (QED) is 0.629. The highest BCUT2D eigenvalue weighted by atomic mass is 32.2. The molecule has 1 N–H and O–H groups in total. The fourth-order valence-electron chi connectivity index (χ4n) is 2.19. The van der Waals surface area contributed by atoms with Gasteiger partial charge in [0.15, 0.2) is 9.84 Å². The van der Waals surface area contributed by atoms with Crippen LogP contribution in [0.15, 0.2) is 0 Å². The zero-order valence-electron chi connectivity index (χ0n) is 10.7. The van der Waals surface area contributed by atoms with Gasteiger partial charge in [-0.1, -0.05) is 0 Å². The van der Waals surface area contributed by atoms with Gasteiger partial charge in [-0.2, -0.15) is 0 Å². The van der Waals surface area contributed by atoms with Crippen LogP contribution in [0.4, 0.5) is 0 Å². The van der Waals surface area contributed by atoms with Crippen molar-refractivity contribution in [1.82, 2.24) is 4.90 Å². The van der Waals surface area contributed by atoms with Gasteiger partial charge in [0, 0.05) is 32.8 Å². The molecule has 0 bridgehead atoms. The monoisotopic (exact) mass is 279 g/mol. The molecule has 1 aliphatic rings. The van der Waals surface area contributed by atoms with Crippen molar-refractivity contribution in [1.29, 1.82) is 0 Å². The maximum absolute atomic E-state index is 11.4. The SMILES string of the molecule is COCCCN(CCC(=O)O)C1CCS(=O)(=O)C1. The van der Waals surface area contributed by atoms with Crippen molar-refractivity contribution < 1.29 is 23.1 Å².